The van der Waals surface area contributed by atoms with Crippen molar-refractivity contribution in [3.63, 3.8) is 0 Å². The lowest BCUT2D eigenvalue weighted by Gasteiger charge is -2.18. The Morgan fingerprint density at radius 1 is 1.39 bits per heavy atom. The van der Waals surface area contributed by atoms with E-state index >= 15 is 0 Å². The Bertz CT molecular complexity index is 395. The highest BCUT2D eigenvalue weighted by Crippen LogP contribution is 2.17. The van der Waals surface area contributed by atoms with Gasteiger partial charge in [-0.15, -0.1) is 0 Å². The van der Waals surface area contributed by atoms with Crippen LogP contribution in [-0.4, -0.2) is 19.0 Å². The van der Waals surface area contributed by atoms with Crippen LogP contribution in [0.4, 0.5) is 0 Å². The average Bonchev–Trinajstić information content (AvgIpc) is 2.35. The molecule has 0 bridgehead atoms. The van der Waals surface area contributed by atoms with Crippen LogP contribution in [0.1, 0.15) is 32.4 Å². The maximum absolute atomic E-state index is 11.9. The second kappa shape index (κ2) is 7.39. The second-order valence-corrected chi connectivity index (χ2v) is 4.93. The number of benzene rings is 1. The monoisotopic (exact) mass is 268 g/mol. The number of rotatable bonds is 6. The number of hydrogen-bond acceptors (Lipinski definition) is 2. The summed E-state index contributed by atoms with van der Waals surface area (Å²) in [6.07, 6.45) is 0. The van der Waals surface area contributed by atoms with Crippen LogP contribution in [0.5, 0.6) is 0 Å². The van der Waals surface area contributed by atoms with Crippen molar-refractivity contribution in [1.82, 2.24) is 10.6 Å². The van der Waals surface area contributed by atoms with E-state index in [2.05, 4.69) is 10.6 Å². The van der Waals surface area contributed by atoms with Crippen molar-refractivity contribution >= 4 is 17.5 Å². The molecule has 1 rings (SSSR count). The number of carbonyl (C=O) groups is 1. The largest absolute Gasteiger partial charge is 0.349 e. The van der Waals surface area contributed by atoms with Gasteiger partial charge in [-0.2, -0.15) is 0 Å². The highest BCUT2D eigenvalue weighted by atomic mass is 35.5. The van der Waals surface area contributed by atoms with Gasteiger partial charge in [0, 0.05) is 17.5 Å². The van der Waals surface area contributed by atoms with Gasteiger partial charge in [0.2, 0.25) is 5.91 Å². The van der Waals surface area contributed by atoms with Gasteiger partial charge in [0.05, 0.1) is 6.04 Å². The van der Waals surface area contributed by atoms with Crippen molar-refractivity contribution in [2.45, 2.75) is 26.8 Å². The number of nitrogens with one attached hydrogen (secondary N) is 2. The molecule has 0 aliphatic carbocycles. The van der Waals surface area contributed by atoms with Crippen molar-refractivity contribution in [2.75, 3.05) is 13.1 Å². The van der Waals surface area contributed by atoms with Crippen LogP contribution in [0.3, 0.4) is 0 Å². The summed E-state index contributed by atoms with van der Waals surface area (Å²) in [4.78, 5) is 11.9. The maximum atomic E-state index is 11.9. The molecule has 2 atom stereocenters. The van der Waals surface area contributed by atoms with E-state index in [1.54, 1.807) is 0 Å². The summed E-state index contributed by atoms with van der Waals surface area (Å²) in [5.41, 5.74) is 1.02. The molecule has 1 amide bonds. The highest BCUT2D eigenvalue weighted by Gasteiger charge is 2.15. The van der Waals surface area contributed by atoms with Gasteiger partial charge >= 0.3 is 0 Å². The van der Waals surface area contributed by atoms with E-state index in [9.17, 15) is 4.79 Å². The first-order valence-electron chi connectivity index (χ1n) is 6.31. The second-order valence-electron chi connectivity index (χ2n) is 4.49. The lowest BCUT2D eigenvalue weighted by molar-refractivity contribution is -0.125. The quantitative estimate of drug-likeness (QED) is 0.833. The fourth-order valence-electron chi connectivity index (χ4n) is 1.67. The van der Waals surface area contributed by atoms with Crippen LogP contribution in [0.25, 0.3) is 0 Å². The summed E-state index contributed by atoms with van der Waals surface area (Å²) in [6.45, 7) is 7.48. The van der Waals surface area contributed by atoms with Crippen LogP contribution in [-0.2, 0) is 4.79 Å². The predicted molar refractivity (Wildman–Crippen MR) is 75.7 cm³/mol. The minimum absolute atomic E-state index is 0.0275. The zero-order chi connectivity index (χ0) is 13.5. The molecule has 18 heavy (non-hydrogen) atoms. The van der Waals surface area contributed by atoms with Gasteiger partial charge in [-0.05, 0) is 31.2 Å². The molecule has 3 nitrogen and oxygen atoms in total. The fraction of sp³-hybridized carbons (Fsp3) is 0.500. The first-order valence-corrected chi connectivity index (χ1v) is 6.69. The summed E-state index contributed by atoms with van der Waals surface area (Å²) >= 11 is 5.93. The average molecular weight is 269 g/mol. The molecular formula is C14H21ClN2O. The Hall–Kier alpha value is -1.06. The zero-order valence-electron chi connectivity index (χ0n) is 11.2. The van der Waals surface area contributed by atoms with Crippen LogP contribution in [0, 0.1) is 5.92 Å². The van der Waals surface area contributed by atoms with E-state index in [1.165, 1.54) is 0 Å². The minimum Gasteiger partial charge on any atom is -0.349 e. The Morgan fingerprint density at radius 3 is 2.72 bits per heavy atom. The third kappa shape index (κ3) is 4.67. The zero-order valence-corrected chi connectivity index (χ0v) is 11.9. The standard InChI is InChI=1S/C14H21ClN2O/c1-4-16-9-10(2)14(18)17-11(3)12-6-5-7-13(15)8-12/h5-8,10-11,16H,4,9H2,1-3H3,(H,17,18). The van der Waals surface area contributed by atoms with Crippen LogP contribution < -0.4 is 10.6 Å². The van der Waals surface area contributed by atoms with E-state index in [0.29, 0.717) is 11.6 Å². The molecule has 0 heterocycles. The molecule has 0 radical (unpaired) electrons. The number of carbonyl (C=O) groups excluding carboxylic acids is 1. The van der Waals surface area contributed by atoms with Crippen molar-refractivity contribution in [2.24, 2.45) is 5.92 Å². The molecule has 100 valence electrons. The van der Waals surface area contributed by atoms with Crippen LogP contribution >= 0.6 is 11.6 Å². The van der Waals surface area contributed by atoms with Gasteiger partial charge in [-0.25, -0.2) is 0 Å². The molecule has 0 aromatic heterocycles. The van der Waals surface area contributed by atoms with E-state index < -0.39 is 0 Å². The Labute approximate surface area is 114 Å². The molecule has 0 aliphatic rings. The van der Waals surface area contributed by atoms with Crippen molar-refractivity contribution < 1.29 is 4.79 Å². The summed E-state index contributed by atoms with van der Waals surface area (Å²) in [5.74, 6) is 0.0232. The minimum atomic E-state index is -0.0356. The molecule has 4 heteroatoms. The molecule has 1 aromatic carbocycles. The number of hydrogen-bond donors (Lipinski definition) is 2. The molecule has 1 aromatic rings. The molecule has 0 fully saturated rings. The topological polar surface area (TPSA) is 41.1 Å². The fourth-order valence-corrected chi connectivity index (χ4v) is 1.87. The van der Waals surface area contributed by atoms with Crippen molar-refractivity contribution in [3.8, 4) is 0 Å². The van der Waals surface area contributed by atoms with Gasteiger partial charge in [-0.3, -0.25) is 4.79 Å². The molecule has 2 unspecified atom stereocenters. The lowest BCUT2D eigenvalue weighted by Crippen LogP contribution is -2.36. The van der Waals surface area contributed by atoms with Gasteiger partial charge in [0.25, 0.3) is 0 Å². The molecule has 0 spiro atoms. The third-order valence-electron chi connectivity index (χ3n) is 2.86. The highest BCUT2D eigenvalue weighted by molar-refractivity contribution is 6.30. The van der Waals surface area contributed by atoms with Gasteiger partial charge < -0.3 is 10.6 Å². The van der Waals surface area contributed by atoms with Gasteiger partial charge in [-0.1, -0.05) is 37.6 Å². The van der Waals surface area contributed by atoms with Crippen LogP contribution in [0.15, 0.2) is 24.3 Å². The maximum Gasteiger partial charge on any atom is 0.224 e. The summed E-state index contributed by atoms with van der Waals surface area (Å²) in [5, 5.41) is 6.85. The lowest BCUT2D eigenvalue weighted by atomic mass is 10.1. The van der Waals surface area contributed by atoms with Crippen LogP contribution in [0.2, 0.25) is 5.02 Å². The first kappa shape index (κ1) is 15.0. The van der Waals surface area contributed by atoms with Gasteiger partial charge in [0.15, 0.2) is 0 Å². The summed E-state index contributed by atoms with van der Waals surface area (Å²) in [6, 6.07) is 7.53. The first-order chi connectivity index (χ1) is 8.54. The van der Waals surface area contributed by atoms with Crippen molar-refractivity contribution in [1.29, 1.82) is 0 Å². The smallest absolute Gasteiger partial charge is 0.224 e. The SMILES string of the molecule is CCNCC(C)C(=O)NC(C)c1cccc(Cl)c1. The van der Waals surface area contributed by atoms with Gasteiger partial charge in [0.1, 0.15) is 0 Å². The van der Waals surface area contributed by atoms with E-state index in [0.717, 1.165) is 12.1 Å². The van der Waals surface area contributed by atoms with E-state index in [1.807, 2.05) is 45.0 Å². The molecule has 2 N–H and O–H groups in total. The molecule has 0 saturated carbocycles. The third-order valence-corrected chi connectivity index (χ3v) is 3.09. The normalized spacial score (nSPS) is 14.0. The summed E-state index contributed by atoms with van der Waals surface area (Å²) < 4.78 is 0. The number of amides is 1. The molecule has 0 saturated heterocycles. The van der Waals surface area contributed by atoms with E-state index in [-0.39, 0.29) is 17.9 Å². The predicted octanol–water partition coefficient (Wildman–Crippen LogP) is 2.76. The van der Waals surface area contributed by atoms with Crippen molar-refractivity contribution in [3.05, 3.63) is 34.9 Å². The Morgan fingerprint density at radius 2 is 2.11 bits per heavy atom. The number of halogens is 1. The Kier molecular flexibility index (Phi) is 6.16. The molecular weight excluding hydrogens is 248 g/mol. The Balaban J connectivity index is 2.54. The summed E-state index contributed by atoms with van der Waals surface area (Å²) in [7, 11) is 0. The molecule has 0 aliphatic heterocycles. The van der Waals surface area contributed by atoms with E-state index in [4.69, 9.17) is 11.6 Å².